The van der Waals surface area contributed by atoms with E-state index in [0.29, 0.717) is 28.4 Å². The lowest BCUT2D eigenvalue weighted by Gasteiger charge is -2.30. The van der Waals surface area contributed by atoms with E-state index in [4.69, 9.17) is 0 Å². The average molecular weight is 314 g/mol. The van der Waals surface area contributed by atoms with Crippen molar-refractivity contribution in [1.82, 2.24) is 4.72 Å². The quantitative estimate of drug-likeness (QED) is 0.877. The Morgan fingerprint density at radius 1 is 1.35 bits per heavy atom. The lowest BCUT2D eigenvalue weighted by atomic mass is 10.1. The van der Waals surface area contributed by atoms with Gasteiger partial charge in [-0.1, -0.05) is 26.0 Å². The fourth-order valence-corrected chi connectivity index (χ4v) is 4.75. The zero-order valence-corrected chi connectivity index (χ0v) is 13.6. The van der Waals surface area contributed by atoms with Gasteiger partial charge in [-0.15, -0.1) is 0 Å². The van der Waals surface area contributed by atoms with Crippen molar-refractivity contribution in [2.45, 2.75) is 42.9 Å². The van der Waals surface area contributed by atoms with Gasteiger partial charge in [0.1, 0.15) is 4.90 Å². The minimum absolute atomic E-state index is 0.326. The minimum atomic E-state index is -3.43. The molecule has 0 spiro atoms. The predicted octanol–water partition coefficient (Wildman–Crippen LogP) is 2.68. The largest absolute Gasteiger partial charge is 0.380 e. The van der Waals surface area contributed by atoms with Crippen LogP contribution in [0.5, 0.6) is 0 Å². The first-order chi connectivity index (χ1) is 9.54. The van der Waals surface area contributed by atoms with Crippen LogP contribution >= 0.6 is 11.8 Å². The minimum Gasteiger partial charge on any atom is -0.380 e. The highest BCUT2D eigenvalue weighted by atomic mass is 32.2. The van der Waals surface area contributed by atoms with Crippen molar-refractivity contribution >= 4 is 27.5 Å². The highest BCUT2D eigenvalue weighted by molar-refractivity contribution is 8.00. The molecule has 2 atom stereocenters. The number of benzene rings is 1. The summed E-state index contributed by atoms with van der Waals surface area (Å²) in [5.74, 6) is 1.19. The molecule has 2 rings (SSSR count). The molecule has 1 fully saturated rings. The molecule has 0 bridgehead atoms. The van der Waals surface area contributed by atoms with Gasteiger partial charge in [0.15, 0.2) is 0 Å². The zero-order valence-electron chi connectivity index (χ0n) is 11.9. The van der Waals surface area contributed by atoms with Crippen molar-refractivity contribution in [2.24, 2.45) is 0 Å². The van der Waals surface area contributed by atoms with Crippen LogP contribution in [0.25, 0.3) is 0 Å². The molecule has 6 heteroatoms. The molecule has 1 aliphatic heterocycles. The summed E-state index contributed by atoms with van der Waals surface area (Å²) in [5.41, 5.74) is 0.702. The summed E-state index contributed by atoms with van der Waals surface area (Å²) in [5, 5.41) is 3.92. The van der Waals surface area contributed by atoms with Gasteiger partial charge in [0.2, 0.25) is 10.0 Å². The zero-order chi connectivity index (χ0) is 14.6. The molecule has 0 amide bonds. The van der Waals surface area contributed by atoms with Gasteiger partial charge in [-0.3, -0.25) is 0 Å². The second-order valence-corrected chi connectivity index (χ2v) is 8.19. The average Bonchev–Trinajstić information content (AvgIpc) is 2.42. The Bertz CT molecular complexity index is 546. The Labute approximate surface area is 125 Å². The molecule has 20 heavy (non-hydrogen) atoms. The molecule has 1 heterocycles. The van der Waals surface area contributed by atoms with Crippen molar-refractivity contribution < 1.29 is 8.42 Å². The van der Waals surface area contributed by atoms with E-state index in [1.165, 1.54) is 12.2 Å². The van der Waals surface area contributed by atoms with Gasteiger partial charge < -0.3 is 5.32 Å². The topological polar surface area (TPSA) is 58.2 Å². The summed E-state index contributed by atoms with van der Waals surface area (Å²) in [6, 6.07) is 7.45. The van der Waals surface area contributed by atoms with Gasteiger partial charge in [-0.2, -0.15) is 11.8 Å². The van der Waals surface area contributed by atoms with Crippen molar-refractivity contribution in [3.8, 4) is 0 Å². The van der Waals surface area contributed by atoms with Crippen molar-refractivity contribution in [3.63, 3.8) is 0 Å². The number of sulfonamides is 1. The Hall–Kier alpha value is -0.720. The number of hydrogen-bond acceptors (Lipinski definition) is 4. The molecule has 0 aromatic heterocycles. The van der Waals surface area contributed by atoms with Crippen LogP contribution in [0.15, 0.2) is 29.2 Å². The first-order valence-electron chi connectivity index (χ1n) is 7.01. The summed E-state index contributed by atoms with van der Waals surface area (Å²) in [4.78, 5) is 0.338. The van der Waals surface area contributed by atoms with Gasteiger partial charge in [-0.25, -0.2) is 13.1 Å². The van der Waals surface area contributed by atoms with E-state index in [1.807, 2.05) is 23.9 Å². The normalized spacial score (nSPS) is 23.5. The van der Waals surface area contributed by atoms with Gasteiger partial charge in [0.05, 0.1) is 5.69 Å². The van der Waals surface area contributed by atoms with Gasteiger partial charge in [0.25, 0.3) is 0 Å². The number of nitrogens with one attached hydrogen (secondary N) is 2. The third kappa shape index (κ3) is 3.68. The standard InChI is InChI=1S/C14H22N2O2S2/c1-3-15-20(17,18)14-9-5-4-7-13(14)16-12-8-6-10-19-11(12)2/h4-5,7,9,11-12,15-16H,3,6,8,10H2,1-2H3. The number of hydrogen-bond donors (Lipinski definition) is 2. The van der Waals surface area contributed by atoms with Gasteiger partial charge in [-0.05, 0) is 30.7 Å². The summed E-state index contributed by atoms with van der Waals surface area (Å²) < 4.78 is 27.0. The summed E-state index contributed by atoms with van der Waals surface area (Å²) >= 11 is 1.94. The molecular formula is C14H22N2O2S2. The van der Waals surface area contributed by atoms with E-state index in [2.05, 4.69) is 17.0 Å². The molecule has 2 N–H and O–H groups in total. The number of anilines is 1. The smallest absolute Gasteiger partial charge is 0.242 e. The van der Waals surface area contributed by atoms with E-state index in [-0.39, 0.29) is 0 Å². The highest BCUT2D eigenvalue weighted by Gasteiger charge is 2.24. The van der Waals surface area contributed by atoms with Crippen LogP contribution in [0.1, 0.15) is 26.7 Å². The lowest BCUT2D eigenvalue weighted by molar-refractivity contribution is 0.582. The lowest BCUT2D eigenvalue weighted by Crippen LogP contribution is -2.34. The maximum absolute atomic E-state index is 12.2. The third-order valence-electron chi connectivity index (χ3n) is 3.46. The van der Waals surface area contributed by atoms with Crippen LogP contribution in [0, 0.1) is 0 Å². The number of thioether (sulfide) groups is 1. The number of para-hydroxylation sites is 1. The van der Waals surface area contributed by atoms with Crippen LogP contribution in [-0.2, 0) is 10.0 Å². The number of rotatable bonds is 5. The summed E-state index contributed by atoms with van der Waals surface area (Å²) in [6.07, 6.45) is 2.26. The monoisotopic (exact) mass is 314 g/mol. The van der Waals surface area contributed by atoms with E-state index in [1.54, 1.807) is 19.1 Å². The summed E-state index contributed by atoms with van der Waals surface area (Å²) in [6.45, 7) is 4.38. The molecule has 1 aromatic carbocycles. The fraction of sp³-hybridized carbons (Fsp3) is 0.571. The van der Waals surface area contributed by atoms with Crippen LogP contribution in [0.2, 0.25) is 0 Å². The Kier molecular flexibility index (Phi) is 5.35. The maximum Gasteiger partial charge on any atom is 0.242 e. The van der Waals surface area contributed by atoms with E-state index in [0.717, 1.165) is 6.42 Å². The summed E-state index contributed by atoms with van der Waals surface area (Å²) in [7, 11) is -3.43. The van der Waals surface area contributed by atoms with Crippen LogP contribution in [-0.4, -0.2) is 32.0 Å². The van der Waals surface area contributed by atoms with E-state index < -0.39 is 10.0 Å². The SMILES string of the molecule is CCNS(=O)(=O)c1ccccc1NC1CCCSC1C. The Balaban J connectivity index is 2.24. The van der Waals surface area contributed by atoms with Crippen LogP contribution in [0.3, 0.4) is 0 Å². The Morgan fingerprint density at radius 2 is 2.10 bits per heavy atom. The molecule has 2 unspecified atom stereocenters. The predicted molar refractivity (Wildman–Crippen MR) is 85.9 cm³/mol. The first-order valence-corrected chi connectivity index (χ1v) is 9.54. The first kappa shape index (κ1) is 15.7. The molecule has 0 saturated carbocycles. The third-order valence-corrected chi connectivity index (χ3v) is 6.44. The van der Waals surface area contributed by atoms with Gasteiger partial charge in [0, 0.05) is 17.8 Å². The molecule has 112 valence electrons. The van der Waals surface area contributed by atoms with Gasteiger partial charge >= 0.3 is 0 Å². The highest BCUT2D eigenvalue weighted by Crippen LogP contribution is 2.29. The van der Waals surface area contributed by atoms with E-state index >= 15 is 0 Å². The Morgan fingerprint density at radius 3 is 2.80 bits per heavy atom. The molecule has 1 aliphatic rings. The maximum atomic E-state index is 12.2. The van der Waals surface area contributed by atoms with Crippen LogP contribution < -0.4 is 10.0 Å². The molecule has 1 aromatic rings. The van der Waals surface area contributed by atoms with Crippen molar-refractivity contribution in [1.29, 1.82) is 0 Å². The van der Waals surface area contributed by atoms with Crippen molar-refractivity contribution in [2.75, 3.05) is 17.6 Å². The van der Waals surface area contributed by atoms with E-state index in [9.17, 15) is 8.42 Å². The van der Waals surface area contributed by atoms with Crippen molar-refractivity contribution in [3.05, 3.63) is 24.3 Å². The molecule has 4 nitrogen and oxygen atoms in total. The molecule has 0 aliphatic carbocycles. The van der Waals surface area contributed by atoms with Crippen LogP contribution in [0.4, 0.5) is 5.69 Å². The second kappa shape index (κ2) is 6.83. The fourth-order valence-electron chi connectivity index (χ4n) is 2.40. The molecule has 1 saturated heterocycles. The molecule has 0 radical (unpaired) electrons. The molecular weight excluding hydrogens is 292 g/mol. The second-order valence-electron chi connectivity index (χ2n) is 4.97.